The molecule has 0 aliphatic carbocycles. The van der Waals surface area contributed by atoms with Crippen molar-refractivity contribution >= 4 is 12.0 Å². The number of aryl methyl sites for hydroxylation is 1. The molecular weight excluding hydrogens is 276 g/mol. The number of furan rings is 2. The lowest BCUT2D eigenvalue weighted by Gasteiger charge is -2.16. The van der Waals surface area contributed by atoms with E-state index in [9.17, 15) is 9.59 Å². The Morgan fingerprint density at radius 2 is 1.90 bits per heavy atom. The second-order valence-electron chi connectivity index (χ2n) is 4.60. The fourth-order valence-electron chi connectivity index (χ4n) is 1.76. The van der Waals surface area contributed by atoms with Crippen LogP contribution >= 0.6 is 0 Å². The first kappa shape index (κ1) is 14.7. The summed E-state index contributed by atoms with van der Waals surface area (Å²) in [6.45, 7) is 2.30. The van der Waals surface area contributed by atoms with E-state index in [4.69, 9.17) is 13.9 Å². The zero-order chi connectivity index (χ0) is 15.4. The Balaban J connectivity index is 1.84. The summed E-state index contributed by atoms with van der Waals surface area (Å²) in [6.07, 6.45) is 0. The van der Waals surface area contributed by atoms with E-state index in [1.54, 1.807) is 7.05 Å². The highest BCUT2D eigenvalue weighted by Gasteiger charge is 2.13. The minimum atomic E-state index is -1.14. The number of nitrogens with one attached hydrogen (secondary N) is 1. The molecule has 0 saturated carbocycles. The summed E-state index contributed by atoms with van der Waals surface area (Å²) < 4.78 is 10.4. The number of nitrogens with zero attached hydrogens (tertiary/aromatic N) is 1. The van der Waals surface area contributed by atoms with Gasteiger partial charge in [0, 0.05) is 7.05 Å². The number of hydrogen-bond acceptors (Lipinski definition) is 4. The van der Waals surface area contributed by atoms with Gasteiger partial charge in [-0.3, -0.25) is 0 Å². The summed E-state index contributed by atoms with van der Waals surface area (Å²) in [5.74, 6) is 0.562. The fourth-order valence-corrected chi connectivity index (χ4v) is 1.76. The third-order valence-corrected chi connectivity index (χ3v) is 2.82. The van der Waals surface area contributed by atoms with Crippen LogP contribution in [0.1, 0.15) is 27.8 Å². The molecule has 0 saturated heterocycles. The van der Waals surface area contributed by atoms with Crippen molar-refractivity contribution in [2.75, 3.05) is 7.05 Å². The van der Waals surface area contributed by atoms with Crippen molar-refractivity contribution in [2.45, 2.75) is 20.0 Å². The number of carbonyl (C=O) groups excluding carboxylic acids is 1. The first-order valence-corrected chi connectivity index (χ1v) is 6.32. The predicted octanol–water partition coefficient (Wildman–Crippen LogP) is 2.22. The SMILES string of the molecule is Cc1ccc(CN(C)C(=O)NCc2ccc(C(=O)O)o2)o1. The van der Waals surface area contributed by atoms with Crippen LogP contribution in [0.4, 0.5) is 4.79 Å². The molecule has 2 N–H and O–H groups in total. The molecule has 112 valence electrons. The monoisotopic (exact) mass is 292 g/mol. The van der Waals surface area contributed by atoms with Crippen molar-refractivity contribution in [2.24, 2.45) is 0 Å². The Hall–Kier alpha value is -2.70. The molecule has 0 spiro atoms. The van der Waals surface area contributed by atoms with Crippen molar-refractivity contribution in [1.82, 2.24) is 10.2 Å². The van der Waals surface area contributed by atoms with Crippen molar-refractivity contribution in [3.8, 4) is 0 Å². The molecule has 7 heteroatoms. The van der Waals surface area contributed by atoms with Gasteiger partial charge in [0.25, 0.3) is 0 Å². The van der Waals surface area contributed by atoms with E-state index < -0.39 is 5.97 Å². The van der Waals surface area contributed by atoms with Gasteiger partial charge in [-0.25, -0.2) is 9.59 Å². The number of carboxylic acid groups (broad SMARTS) is 1. The van der Waals surface area contributed by atoms with Gasteiger partial charge in [-0.15, -0.1) is 0 Å². The smallest absolute Gasteiger partial charge is 0.371 e. The van der Waals surface area contributed by atoms with Crippen LogP contribution < -0.4 is 5.32 Å². The van der Waals surface area contributed by atoms with E-state index in [1.165, 1.54) is 17.0 Å². The number of carboxylic acids is 1. The number of amides is 2. The van der Waals surface area contributed by atoms with E-state index in [0.29, 0.717) is 18.1 Å². The van der Waals surface area contributed by atoms with Crippen LogP contribution in [0.15, 0.2) is 33.1 Å². The Bertz CT molecular complexity index is 643. The lowest BCUT2D eigenvalue weighted by atomic mass is 10.4. The topological polar surface area (TPSA) is 95.9 Å². The Labute approximate surface area is 121 Å². The lowest BCUT2D eigenvalue weighted by molar-refractivity contribution is 0.0660. The van der Waals surface area contributed by atoms with Crippen LogP contribution in [0, 0.1) is 6.92 Å². The summed E-state index contributed by atoms with van der Waals surface area (Å²) in [5, 5.41) is 11.4. The lowest BCUT2D eigenvalue weighted by Crippen LogP contribution is -2.36. The second kappa shape index (κ2) is 6.17. The van der Waals surface area contributed by atoms with E-state index in [-0.39, 0.29) is 18.3 Å². The normalized spacial score (nSPS) is 10.4. The maximum atomic E-state index is 11.9. The summed E-state index contributed by atoms with van der Waals surface area (Å²) in [5.41, 5.74) is 0. The summed E-state index contributed by atoms with van der Waals surface area (Å²) in [6, 6.07) is 6.19. The molecule has 21 heavy (non-hydrogen) atoms. The van der Waals surface area contributed by atoms with Gasteiger partial charge in [0.15, 0.2) is 0 Å². The van der Waals surface area contributed by atoms with E-state index in [0.717, 1.165) is 5.76 Å². The molecule has 2 rings (SSSR count). The zero-order valence-electron chi connectivity index (χ0n) is 11.8. The van der Waals surface area contributed by atoms with Gasteiger partial charge < -0.3 is 24.2 Å². The van der Waals surface area contributed by atoms with E-state index >= 15 is 0 Å². The molecule has 0 atom stereocenters. The van der Waals surface area contributed by atoms with Gasteiger partial charge >= 0.3 is 12.0 Å². The molecule has 0 radical (unpaired) electrons. The molecule has 2 aromatic heterocycles. The minimum Gasteiger partial charge on any atom is -0.475 e. The highest BCUT2D eigenvalue weighted by molar-refractivity contribution is 5.84. The third-order valence-electron chi connectivity index (χ3n) is 2.82. The average molecular weight is 292 g/mol. The number of aromatic carboxylic acids is 1. The van der Waals surface area contributed by atoms with Gasteiger partial charge in [0.05, 0.1) is 13.1 Å². The summed E-state index contributed by atoms with van der Waals surface area (Å²) >= 11 is 0. The van der Waals surface area contributed by atoms with Gasteiger partial charge in [0.1, 0.15) is 17.3 Å². The maximum absolute atomic E-state index is 11.9. The van der Waals surface area contributed by atoms with Gasteiger partial charge in [-0.05, 0) is 31.2 Å². The molecule has 0 aromatic carbocycles. The summed E-state index contributed by atoms with van der Waals surface area (Å²) in [7, 11) is 1.64. The third kappa shape index (κ3) is 3.88. The van der Waals surface area contributed by atoms with Crippen LogP contribution in [0.2, 0.25) is 0 Å². The molecule has 0 fully saturated rings. The number of urea groups is 1. The largest absolute Gasteiger partial charge is 0.475 e. The highest BCUT2D eigenvalue weighted by Crippen LogP contribution is 2.10. The maximum Gasteiger partial charge on any atom is 0.371 e. The second-order valence-corrected chi connectivity index (χ2v) is 4.60. The van der Waals surface area contributed by atoms with Crippen molar-refractivity contribution in [1.29, 1.82) is 0 Å². The molecule has 2 heterocycles. The summed E-state index contributed by atoms with van der Waals surface area (Å²) in [4.78, 5) is 24.0. The van der Waals surface area contributed by atoms with Crippen LogP contribution in [0.5, 0.6) is 0 Å². The van der Waals surface area contributed by atoms with Crippen LogP contribution in [-0.2, 0) is 13.1 Å². The molecule has 0 unspecified atom stereocenters. The Kier molecular flexibility index (Phi) is 4.32. The number of hydrogen-bond donors (Lipinski definition) is 2. The fraction of sp³-hybridized carbons (Fsp3) is 0.286. The van der Waals surface area contributed by atoms with E-state index in [2.05, 4.69) is 5.32 Å². The standard InChI is InChI=1S/C14H16N2O5/c1-9-3-4-11(20-9)8-16(2)14(19)15-7-10-5-6-12(21-10)13(17)18/h3-6H,7-8H2,1-2H3,(H,15,19)(H,17,18). The van der Waals surface area contributed by atoms with E-state index in [1.807, 2.05) is 19.1 Å². The molecule has 0 aliphatic rings. The first-order valence-electron chi connectivity index (χ1n) is 6.32. The van der Waals surface area contributed by atoms with Gasteiger partial charge in [-0.2, -0.15) is 0 Å². The Morgan fingerprint density at radius 3 is 2.48 bits per heavy atom. The van der Waals surface area contributed by atoms with Gasteiger partial charge in [-0.1, -0.05) is 0 Å². The van der Waals surface area contributed by atoms with Crippen molar-refractivity contribution < 1.29 is 23.5 Å². The minimum absolute atomic E-state index is 0.119. The molecule has 2 amide bonds. The zero-order valence-corrected chi connectivity index (χ0v) is 11.8. The van der Waals surface area contributed by atoms with Crippen LogP contribution in [0.3, 0.4) is 0 Å². The number of carbonyl (C=O) groups is 2. The van der Waals surface area contributed by atoms with Crippen LogP contribution in [0.25, 0.3) is 0 Å². The number of rotatable bonds is 5. The van der Waals surface area contributed by atoms with Crippen LogP contribution in [-0.4, -0.2) is 29.1 Å². The highest BCUT2D eigenvalue weighted by atomic mass is 16.4. The molecule has 7 nitrogen and oxygen atoms in total. The van der Waals surface area contributed by atoms with Crippen molar-refractivity contribution in [3.63, 3.8) is 0 Å². The Morgan fingerprint density at radius 1 is 1.19 bits per heavy atom. The molecule has 0 bridgehead atoms. The molecule has 2 aromatic rings. The first-order chi connectivity index (χ1) is 9.95. The quantitative estimate of drug-likeness (QED) is 0.880. The van der Waals surface area contributed by atoms with Crippen molar-refractivity contribution in [3.05, 3.63) is 47.3 Å². The average Bonchev–Trinajstić information content (AvgIpc) is 3.05. The molecular formula is C14H16N2O5. The predicted molar refractivity (Wildman–Crippen MR) is 72.8 cm³/mol. The molecule has 0 aliphatic heterocycles. The van der Waals surface area contributed by atoms with Gasteiger partial charge in [0.2, 0.25) is 5.76 Å².